The molecular weight excluding hydrogens is 901 g/mol. The SMILES string of the molecule is COc1cc2c(cc1OC)C(Cc1cc(OC)c(OC)c(OC)c1)[N+](C)(CCCOC(=O)C(C)=CC(=O)OCCC[N+]1(C)CCc3cc(OC)c(OC)cc3C1c1cc(OC)c(OC)c(OC)c1)CC2. The van der Waals surface area contributed by atoms with Crippen LogP contribution in [0.4, 0.5) is 0 Å². The number of hydrogen-bond donors (Lipinski definition) is 0. The Morgan fingerprint density at radius 2 is 0.957 bits per heavy atom. The maximum absolute atomic E-state index is 13.2. The Labute approximate surface area is 412 Å². The Kier molecular flexibility index (Phi) is 17.7. The fraction of sp³-hybridized carbons (Fsp3) is 0.481. The zero-order valence-electron chi connectivity index (χ0n) is 43.2. The average molecular weight is 973 g/mol. The van der Waals surface area contributed by atoms with Crippen LogP contribution in [0.5, 0.6) is 57.5 Å². The van der Waals surface area contributed by atoms with Crippen molar-refractivity contribution in [2.45, 2.75) is 51.1 Å². The summed E-state index contributed by atoms with van der Waals surface area (Å²) in [4.78, 5) is 26.4. The molecule has 4 atom stereocenters. The van der Waals surface area contributed by atoms with Crippen molar-refractivity contribution in [3.8, 4) is 57.5 Å². The van der Waals surface area contributed by atoms with E-state index in [1.807, 2.05) is 36.4 Å². The molecule has 0 N–H and O–H groups in total. The molecule has 0 saturated carbocycles. The first-order chi connectivity index (χ1) is 33.7. The molecule has 2 aliphatic heterocycles. The smallest absolute Gasteiger partial charge is 0.333 e. The molecule has 380 valence electrons. The summed E-state index contributed by atoms with van der Waals surface area (Å²) in [5.74, 6) is 4.78. The molecule has 0 fully saturated rings. The van der Waals surface area contributed by atoms with Crippen molar-refractivity contribution in [2.24, 2.45) is 0 Å². The number of benzene rings is 4. The van der Waals surface area contributed by atoms with Crippen molar-refractivity contribution in [3.63, 3.8) is 0 Å². The number of fused-ring (bicyclic) bond motifs is 2. The van der Waals surface area contributed by atoms with Gasteiger partial charge in [0.05, 0.1) is 125 Å². The van der Waals surface area contributed by atoms with E-state index in [0.29, 0.717) is 98.8 Å². The van der Waals surface area contributed by atoms with Crippen LogP contribution < -0.4 is 47.4 Å². The van der Waals surface area contributed by atoms with E-state index >= 15 is 0 Å². The minimum absolute atomic E-state index is 0.00163. The normalized spacial score (nSPS) is 19.4. The number of carbonyl (C=O) groups excluding carboxylic acids is 2. The molecule has 4 aromatic rings. The quantitative estimate of drug-likeness (QED) is 0.0310. The van der Waals surface area contributed by atoms with Crippen molar-refractivity contribution >= 4 is 11.9 Å². The molecule has 0 aliphatic carbocycles. The van der Waals surface area contributed by atoms with Crippen LogP contribution >= 0.6 is 0 Å². The summed E-state index contributed by atoms with van der Waals surface area (Å²) in [5, 5.41) is 0. The molecule has 0 radical (unpaired) electrons. The maximum atomic E-state index is 13.2. The number of likely N-dealkylation sites (N-methyl/N-ethyl adjacent to an activating group) is 2. The number of rotatable bonds is 23. The Morgan fingerprint density at radius 1 is 0.529 bits per heavy atom. The third kappa shape index (κ3) is 11.2. The average Bonchev–Trinajstić information content (AvgIpc) is 3.37. The second kappa shape index (κ2) is 23.4. The van der Waals surface area contributed by atoms with E-state index < -0.39 is 11.9 Å². The standard InChI is InChI=1S/C54H72N2O14/c1-34(24-50(57)69-22-15-19-56(3)21-17-37-29-43(60-5)45(62-7)33-40(37)51(56)38-30-48(65-10)53(68-13)49(31-38)66-11)54(58)70-23-14-18-55(2)20-16-36-28-42(59-4)44(61-6)32-39(36)41(55)25-35-26-46(63-8)52(67-12)47(27-35)64-9/h24,26-33,41,51H,14-23,25H2,1-13H3/q+2. The molecule has 16 nitrogen and oxygen atoms in total. The lowest BCUT2D eigenvalue weighted by Crippen LogP contribution is -2.52. The first-order valence-electron chi connectivity index (χ1n) is 23.5. The highest BCUT2D eigenvalue weighted by Crippen LogP contribution is 2.49. The summed E-state index contributed by atoms with van der Waals surface area (Å²) >= 11 is 0. The van der Waals surface area contributed by atoms with Crippen LogP contribution in [0.15, 0.2) is 60.2 Å². The monoisotopic (exact) mass is 972 g/mol. The molecular formula is C54H72N2O14+2. The molecule has 0 bridgehead atoms. The van der Waals surface area contributed by atoms with E-state index in [1.54, 1.807) is 78.0 Å². The predicted octanol–water partition coefficient (Wildman–Crippen LogP) is 7.66. The van der Waals surface area contributed by atoms with E-state index in [1.165, 1.54) is 11.6 Å². The Balaban J connectivity index is 1.10. The molecule has 2 heterocycles. The van der Waals surface area contributed by atoms with E-state index in [-0.39, 0.29) is 30.9 Å². The van der Waals surface area contributed by atoms with E-state index in [9.17, 15) is 9.59 Å². The van der Waals surface area contributed by atoms with Gasteiger partial charge in [-0.15, -0.1) is 0 Å². The summed E-state index contributed by atoms with van der Waals surface area (Å²) in [6.45, 7) is 4.92. The van der Waals surface area contributed by atoms with Crippen LogP contribution in [0, 0.1) is 0 Å². The number of methoxy groups -OCH3 is 10. The summed E-state index contributed by atoms with van der Waals surface area (Å²) in [6, 6.07) is 16.0. The highest BCUT2D eigenvalue weighted by Gasteiger charge is 2.43. The lowest BCUT2D eigenvalue weighted by Gasteiger charge is -2.46. The van der Waals surface area contributed by atoms with Gasteiger partial charge in [0.1, 0.15) is 12.1 Å². The first-order valence-corrected chi connectivity index (χ1v) is 23.5. The second-order valence-corrected chi connectivity index (χ2v) is 18.1. The number of nitrogens with zero attached hydrogens (tertiary/aromatic N) is 2. The number of carbonyl (C=O) groups is 2. The van der Waals surface area contributed by atoms with Gasteiger partial charge in [0.2, 0.25) is 11.5 Å². The highest BCUT2D eigenvalue weighted by molar-refractivity contribution is 5.95. The second-order valence-electron chi connectivity index (χ2n) is 18.1. The van der Waals surface area contributed by atoms with Gasteiger partial charge in [-0.05, 0) is 72.1 Å². The zero-order chi connectivity index (χ0) is 50.8. The van der Waals surface area contributed by atoms with E-state index in [4.69, 9.17) is 56.8 Å². The van der Waals surface area contributed by atoms with Gasteiger partial charge in [0.25, 0.3) is 0 Å². The minimum atomic E-state index is -0.606. The summed E-state index contributed by atoms with van der Waals surface area (Å²) in [5.41, 5.74) is 6.74. The third-order valence-corrected chi connectivity index (χ3v) is 14.0. The summed E-state index contributed by atoms with van der Waals surface area (Å²) in [6.07, 6.45) is 4.64. The number of esters is 2. The van der Waals surface area contributed by atoms with Crippen LogP contribution in [0.25, 0.3) is 0 Å². The third-order valence-electron chi connectivity index (χ3n) is 14.0. The predicted molar refractivity (Wildman–Crippen MR) is 264 cm³/mol. The molecule has 16 heteroatoms. The van der Waals surface area contributed by atoms with Gasteiger partial charge >= 0.3 is 11.9 Å². The van der Waals surface area contributed by atoms with Crippen molar-refractivity contribution < 1.29 is 75.4 Å². The molecule has 0 spiro atoms. The molecule has 70 heavy (non-hydrogen) atoms. The topological polar surface area (TPSA) is 145 Å². The Hall–Kier alpha value is -6.52. The fourth-order valence-corrected chi connectivity index (χ4v) is 10.3. The lowest BCUT2D eigenvalue weighted by molar-refractivity contribution is -0.941. The van der Waals surface area contributed by atoms with Crippen LogP contribution in [-0.2, 0) is 38.3 Å². The largest absolute Gasteiger partial charge is 0.493 e. The summed E-state index contributed by atoms with van der Waals surface area (Å²) < 4.78 is 69.8. The van der Waals surface area contributed by atoms with E-state index in [0.717, 1.165) is 53.7 Å². The molecule has 0 saturated heterocycles. The van der Waals surface area contributed by atoms with E-state index in [2.05, 4.69) is 26.2 Å². The molecule has 4 unspecified atom stereocenters. The minimum Gasteiger partial charge on any atom is -0.493 e. The molecule has 2 aliphatic rings. The molecule has 0 aromatic heterocycles. The number of quaternary nitrogens is 2. The van der Waals surface area contributed by atoms with Crippen molar-refractivity contribution in [3.05, 3.63) is 93.6 Å². The van der Waals surface area contributed by atoms with Crippen LogP contribution in [-0.4, -0.2) is 145 Å². The summed E-state index contributed by atoms with van der Waals surface area (Å²) in [7, 11) is 20.6. The number of ether oxygens (including phenoxy) is 12. The van der Waals surface area contributed by atoms with Gasteiger partial charge in [-0.1, -0.05) is 0 Å². The van der Waals surface area contributed by atoms with Gasteiger partial charge < -0.3 is 65.8 Å². The van der Waals surface area contributed by atoms with Crippen LogP contribution in [0.1, 0.15) is 65.2 Å². The van der Waals surface area contributed by atoms with Gasteiger partial charge in [-0.3, -0.25) is 0 Å². The van der Waals surface area contributed by atoms with Gasteiger partial charge in [0, 0.05) is 60.4 Å². The zero-order valence-corrected chi connectivity index (χ0v) is 43.2. The molecule has 4 aromatic carbocycles. The van der Waals surface area contributed by atoms with Gasteiger partial charge in [0.15, 0.2) is 46.0 Å². The lowest BCUT2D eigenvalue weighted by atomic mass is 9.85. The van der Waals surface area contributed by atoms with Crippen LogP contribution in [0.2, 0.25) is 0 Å². The van der Waals surface area contributed by atoms with Gasteiger partial charge in [-0.2, -0.15) is 0 Å². The van der Waals surface area contributed by atoms with Gasteiger partial charge in [-0.25, -0.2) is 9.59 Å². The first kappa shape index (κ1) is 52.8. The molecule has 0 amide bonds. The van der Waals surface area contributed by atoms with Crippen LogP contribution in [0.3, 0.4) is 0 Å². The fourth-order valence-electron chi connectivity index (χ4n) is 10.3. The Morgan fingerprint density at radius 3 is 1.46 bits per heavy atom. The van der Waals surface area contributed by atoms with Crippen molar-refractivity contribution in [1.82, 2.24) is 0 Å². The number of hydrogen-bond acceptors (Lipinski definition) is 14. The van der Waals surface area contributed by atoms with Crippen molar-refractivity contribution in [2.75, 3.05) is 125 Å². The van der Waals surface area contributed by atoms with Crippen molar-refractivity contribution in [1.29, 1.82) is 0 Å². The highest BCUT2D eigenvalue weighted by atomic mass is 16.6. The Bertz CT molecular complexity index is 2470. The maximum Gasteiger partial charge on any atom is 0.333 e. The molecule has 6 rings (SSSR count).